The highest BCUT2D eigenvalue weighted by atomic mass is 19.1. The number of hydrogen-bond acceptors (Lipinski definition) is 5. The highest BCUT2D eigenvalue weighted by Gasteiger charge is 2.27. The van der Waals surface area contributed by atoms with Crippen LogP contribution in [0.1, 0.15) is 31.2 Å². The van der Waals surface area contributed by atoms with Crippen molar-refractivity contribution in [3.63, 3.8) is 0 Å². The van der Waals surface area contributed by atoms with Crippen molar-refractivity contribution in [3.05, 3.63) is 35.7 Å². The van der Waals surface area contributed by atoms with E-state index in [0.29, 0.717) is 43.3 Å². The zero-order chi connectivity index (χ0) is 18.5. The van der Waals surface area contributed by atoms with Gasteiger partial charge in [-0.3, -0.25) is 4.79 Å². The number of aromatic nitrogens is 3. The lowest BCUT2D eigenvalue weighted by Gasteiger charge is -2.18. The van der Waals surface area contributed by atoms with Crippen LogP contribution in [0.15, 0.2) is 30.1 Å². The molecule has 0 unspecified atom stereocenters. The number of fused-ring (bicyclic) bond motifs is 1. The molecule has 1 aliphatic carbocycles. The number of hydrogen-bond donors (Lipinski definition) is 2. The number of halogens is 1. The van der Waals surface area contributed by atoms with Crippen molar-refractivity contribution in [1.29, 1.82) is 0 Å². The molecular weight excluding hydrogens is 347 g/mol. The quantitative estimate of drug-likeness (QED) is 0.866. The second-order valence-electron chi connectivity index (χ2n) is 7.46. The lowest BCUT2D eigenvalue weighted by Crippen LogP contribution is -2.22. The van der Waals surface area contributed by atoms with Gasteiger partial charge in [-0.2, -0.15) is 9.61 Å². The predicted molar refractivity (Wildman–Crippen MR) is 101 cm³/mol. The summed E-state index contributed by atoms with van der Waals surface area (Å²) in [5, 5.41) is 10.7. The van der Waals surface area contributed by atoms with Gasteiger partial charge in [0.2, 0.25) is 5.91 Å². The van der Waals surface area contributed by atoms with E-state index in [9.17, 15) is 9.18 Å². The second-order valence-corrected chi connectivity index (χ2v) is 7.46. The fourth-order valence-corrected chi connectivity index (χ4v) is 3.59. The summed E-state index contributed by atoms with van der Waals surface area (Å²) in [6.45, 7) is 4.92. The Balaban J connectivity index is 1.59. The maximum Gasteiger partial charge on any atom is 0.228 e. The van der Waals surface area contributed by atoms with E-state index in [2.05, 4.69) is 22.3 Å². The average Bonchev–Trinajstić information content (AvgIpc) is 3.04. The Kier molecular flexibility index (Phi) is 3.66. The summed E-state index contributed by atoms with van der Waals surface area (Å²) in [4.78, 5) is 18.3. The smallest absolute Gasteiger partial charge is 0.228 e. The van der Waals surface area contributed by atoms with E-state index in [1.165, 1.54) is 0 Å². The second kappa shape index (κ2) is 6.07. The molecule has 27 heavy (non-hydrogen) atoms. The van der Waals surface area contributed by atoms with Crippen LogP contribution in [0, 0.1) is 0 Å². The van der Waals surface area contributed by atoms with E-state index in [1.54, 1.807) is 10.7 Å². The number of carbonyl (C=O) groups is 1. The maximum absolute atomic E-state index is 13.7. The van der Waals surface area contributed by atoms with Gasteiger partial charge < -0.3 is 15.5 Å². The molecule has 4 heterocycles. The summed E-state index contributed by atoms with van der Waals surface area (Å²) in [5.41, 5.74) is 2.97. The standard InChI is InChI=1S/C19H21FN6O/c1-11-12(7-18(27)22-11)6-13-9-21-26-17(23-15-2-3-15)8-16(24-19(13)26)25-5-4-14(20)10-25/h6,8-9,14-15,23H,1-5,7,10H2,(H,22,27)/b12-6+/t14-/m1/s1. The Labute approximate surface area is 155 Å². The van der Waals surface area contributed by atoms with Gasteiger partial charge in [-0.1, -0.05) is 6.58 Å². The van der Waals surface area contributed by atoms with Crippen molar-refractivity contribution in [2.75, 3.05) is 23.3 Å². The van der Waals surface area contributed by atoms with E-state index in [-0.39, 0.29) is 5.91 Å². The molecular formula is C19H21FN6O. The number of rotatable bonds is 4. The highest BCUT2D eigenvalue weighted by Crippen LogP contribution is 2.30. The monoisotopic (exact) mass is 368 g/mol. The zero-order valence-electron chi connectivity index (χ0n) is 14.9. The van der Waals surface area contributed by atoms with E-state index in [4.69, 9.17) is 4.98 Å². The molecule has 0 aromatic carbocycles. The molecule has 7 nitrogen and oxygen atoms in total. The maximum atomic E-state index is 13.7. The van der Waals surface area contributed by atoms with E-state index in [0.717, 1.165) is 35.6 Å². The average molecular weight is 368 g/mol. The first-order valence-corrected chi connectivity index (χ1v) is 9.31. The summed E-state index contributed by atoms with van der Waals surface area (Å²) in [6.07, 6.45) is 5.95. The first-order chi connectivity index (χ1) is 13.1. The van der Waals surface area contributed by atoms with E-state index >= 15 is 0 Å². The molecule has 3 fully saturated rings. The molecule has 2 aromatic heterocycles. The third-order valence-corrected chi connectivity index (χ3v) is 5.23. The van der Waals surface area contributed by atoms with Crippen molar-refractivity contribution in [2.45, 2.75) is 37.9 Å². The van der Waals surface area contributed by atoms with Crippen LogP contribution in [0.2, 0.25) is 0 Å². The fraction of sp³-hybridized carbons (Fsp3) is 0.421. The van der Waals surface area contributed by atoms with Gasteiger partial charge in [0.15, 0.2) is 5.65 Å². The van der Waals surface area contributed by atoms with Crippen LogP contribution >= 0.6 is 0 Å². The van der Waals surface area contributed by atoms with Crippen molar-refractivity contribution in [2.24, 2.45) is 0 Å². The SMILES string of the molecule is C=C1NC(=O)C/C1=C\c1cnn2c(NC3CC3)cc(N3CC[C@@H](F)C3)nc12. The van der Waals surface area contributed by atoms with Crippen molar-refractivity contribution < 1.29 is 9.18 Å². The minimum Gasteiger partial charge on any atom is -0.367 e. The molecule has 5 rings (SSSR count). The van der Waals surface area contributed by atoms with Gasteiger partial charge in [0.05, 0.1) is 19.2 Å². The first-order valence-electron chi connectivity index (χ1n) is 9.31. The highest BCUT2D eigenvalue weighted by molar-refractivity contribution is 5.89. The minimum atomic E-state index is -0.812. The predicted octanol–water partition coefficient (Wildman–Crippen LogP) is 2.27. The lowest BCUT2D eigenvalue weighted by molar-refractivity contribution is -0.118. The Morgan fingerprint density at radius 2 is 2.22 bits per heavy atom. The van der Waals surface area contributed by atoms with Crippen molar-refractivity contribution in [1.82, 2.24) is 19.9 Å². The van der Waals surface area contributed by atoms with Gasteiger partial charge >= 0.3 is 0 Å². The van der Waals surface area contributed by atoms with Crippen LogP contribution in [-0.4, -0.2) is 45.8 Å². The number of nitrogens with zero attached hydrogens (tertiary/aromatic N) is 4. The zero-order valence-corrected chi connectivity index (χ0v) is 14.9. The van der Waals surface area contributed by atoms with Gasteiger partial charge in [-0.05, 0) is 30.9 Å². The summed E-state index contributed by atoms with van der Waals surface area (Å²) in [7, 11) is 0. The molecule has 2 N–H and O–H groups in total. The first kappa shape index (κ1) is 16.3. The summed E-state index contributed by atoms with van der Waals surface area (Å²) in [5.74, 6) is 1.56. The molecule has 2 aliphatic heterocycles. The normalized spacial score (nSPS) is 24.3. The fourth-order valence-electron chi connectivity index (χ4n) is 3.59. The van der Waals surface area contributed by atoms with Crippen LogP contribution in [0.4, 0.5) is 16.0 Å². The van der Waals surface area contributed by atoms with Crippen molar-refractivity contribution in [3.8, 4) is 0 Å². The molecule has 140 valence electrons. The van der Waals surface area contributed by atoms with Gasteiger partial charge in [-0.15, -0.1) is 0 Å². The van der Waals surface area contributed by atoms with Crippen LogP contribution < -0.4 is 15.5 Å². The van der Waals surface area contributed by atoms with Gasteiger partial charge in [0, 0.05) is 29.9 Å². The molecule has 0 bridgehead atoms. The summed E-state index contributed by atoms with van der Waals surface area (Å²) < 4.78 is 15.5. The Bertz CT molecular complexity index is 976. The van der Waals surface area contributed by atoms with E-state index in [1.807, 2.05) is 17.0 Å². The molecule has 0 spiro atoms. The topological polar surface area (TPSA) is 74.6 Å². The summed E-state index contributed by atoms with van der Waals surface area (Å²) in [6, 6.07) is 2.41. The van der Waals surface area contributed by atoms with Gasteiger partial charge in [-0.25, -0.2) is 9.37 Å². The molecule has 3 aliphatic rings. The number of amides is 1. The Morgan fingerprint density at radius 1 is 1.37 bits per heavy atom. The Morgan fingerprint density at radius 3 is 2.89 bits per heavy atom. The molecule has 0 radical (unpaired) electrons. The molecule has 1 amide bonds. The third kappa shape index (κ3) is 3.05. The number of alkyl halides is 1. The van der Waals surface area contributed by atoms with Crippen LogP contribution in [-0.2, 0) is 4.79 Å². The summed E-state index contributed by atoms with van der Waals surface area (Å²) >= 11 is 0. The van der Waals surface area contributed by atoms with Crippen LogP contribution in [0.5, 0.6) is 0 Å². The lowest BCUT2D eigenvalue weighted by atomic mass is 10.1. The molecule has 2 saturated heterocycles. The minimum absolute atomic E-state index is 0.0569. The number of allylic oxidation sites excluding steroid dienone is 1. The third-order valence-electron chi connectivity index (χ3n) is 5.23. The molecule has 2 aromatic rings. The van der Waals surface area contributed by atoms with Gasteiger partial charge in [0.1, 0.15) is 17.8 Å². The van der Waals surface area contributed by atoms with Gasteiger partial charge in [0.25, 0.3) is 0 Å². The molecule has 1 atom stereocenters. The van der Waals surface area contributed by atoms with Crippen LogP contribution in [0.3, 0.4) is 0 Å². The number of anilines is 2. The van der Waals surface area contributed by atoms with Crippen molar-refractivity contribution >= 4 is 29.3 Å². The molecule has 8 heteroatoms. The van der Waals surface area contributed by atoms with Crippen LogP contribution in [0.25, 0.3) is 11.7 Å². The largest absolute Gasteiger partial charge is 0.367 e. The Hall–Kier alpha value is -2.90. The van der Waals surface area contributed by atoms with E-state index < -0.39 is 6.17 Å². The molecule has 1 saturated carbocycles. The number of carbonyl (C=O) groups excluding carboxylic acids is 1. The number of nitrogens with one attached hydrogen (secondary N) is 2.